The Morgan fingerprint density at radius 3 is 2.60 bits per heavy atom. The molecule has 2 aromatic rings. The second-order valence-corrected chi connectivity index (χ2v) is 9.74. The highest BCUT2D eigenvalue weighted by Crippen LogP contribution is 2.30. The van der Waals surface area contributed by atoms with Crippen molar-refractivity contribution in [1.29, 1.82) is 0 Å². The Bertz CT molecular complexity index is 1010. The smallest absolute Gasteiger partial charge is 0.242 e. The van der Waals surface area contributed by atoms with Gasteiger partial charge in [0.05, 0.1) is 28.9 Å². The molecule has 0 heterocycles. The maximum Gasteiger partial charge on any atom is 0.242 e. The number of carbonyl (C=O) groups is 1. The van der Waals surface area contributed by atoms with E-state index in [4.69, 9.17) is 0 Å². The van der Waals surface area contributed by atoms with Crippen LogP contribution in [0.4, 0.5) is 11.4 Å². The van der Waals surface area contributed by atoms with Gasteiger partial charge in [0.25, 0.3) is 0 Å². The second-order valence-electron chi connectivity index (χ2n) is 7.59. The number of anilines is 2. The molecule has 0 radical (unpaired) electrons. The molecule has 3 N–H and O–H groups in total. The van der Waals surface area contributed by atoms with Crippen LogP contribution in [0.2, 0.25) is 0 Å². The molecule has 7 nitrogen and oxygen atoms in total. The predicted molar refractivity (Wildman–Crippen MR) is 120 cm³/mol. The first kappa shape index (κ1) is 22.1. The fourth-order valence-corrected chi connectivity index (χ4v) is 4.64. The Hall–Kier alpha value is -2.58. The molecule has 1 atom stereocenters. The van der Waals surface area contributed by atoms with E-state index in [1.807, 2.05) is 19.1 Å². The highest BCUT2D eigenvalue weighted by Gasteiger charge is 2.22. The number of hydrogen-bond donors (Lipinski definition) is 3. The highest BCUT2D eigenvalue weighted by atomic mass is 32.2. The molecule has 0 aromatic heterocycles. The quantitative estimate of drug-likeness (QED) is 0.599. The Morgan fingerprint density at radius 1 is 1.10 bits per heavy atom. The van der Waals surface area contributed by atoms with E-state index in [0.717, 1.165) is 24.9 Å². The Kier molecular flexibility index (Phi) is 6.99. The van der Waals surface area contributed by atoms with Crippen LogP contribution in [0.1, 0.15) is 36.9 Å². The number of sulfonamides is 1. The van der Waals surface area contributed by atoms with Crippen molar-refractivity contribution >= 4 is 27.3 Å². The van der Waals surface area contributed by atoms with Gasteiger partial charge in [0.2, 0.25) is 15.9 Å². The topological polar surface area (TPSA) is 90.5 Å². The van der Waals surface area contributed by atoms with E-state index in [2.05, 4.69) is 28.1 Å². The van der Waals surface area contributed by atoms with Gasteiger partial charge in [0.15, 0.2) is 0 Å². The van der Waals surface area contributed by atoms with Gasteiger partial charge in [0.1, 0.15) is 0 Å². The number of aryl methyl sites for hydroxylation is 1. The average molecular weight is 431 g/mol. The zero-order valence-corrected chi connectivity index (χ0v) is 18.6. The normalized spacial score (nSPS) is 16.1. The third-order valence-corrected chi connectivity index (χ3v) is 7.09. The highest BCUT2D eigenvalue weighted by molar-refractivity contribution is 7.89. The Labute approximate surface area is 178 Å². The molecule has 0 saturated heterocycles. The van der Waals surface area contributed by atoms with Crippen molar-refractivity contribution in [2.24, 2.45) is 0 Å². The van der Waals surface area contributed by atoms with Crippen molar-refractivity contribution in [3.63, 3.8) is 0 Å². The Balaban J connectivity index is 1.72. The van der Waals surface area contributed by atoms with Crippen molar-refractivity contribution in [1.82, 2.24) is 9.62 Å². The molecule has 8 heteroatoms. The van der Waals surface area contributed by atoms with Gasteiger partial charge >= 0.3 is 0 Å². The van der Waals surface area contributed by atoms with Gasteiger partial charge in [-0.2, -0.15) is 0 Å². The maximum atomic E-state index is 12.6. The van der Waals surface area contributed by atoms with Gasteiger partial charge in [-0.25, -0.2) is 12.7 Å². The molecule has 1 aliphatic rings. The zero-order chi connectivity index (χ0) is 21.7. The molecule has 162 valence electrons. The summed E-state index contributed by atoms with van der Waals surface area (Å²) < 4.78 is 26.1. The fraction of sp³-hybridized carbons (Fsp3) is 0.409. The molecule has 0 bridgehead atoms. The first-order valence-electron chi connectivity index (χ1n) is 10.2. The van der Waals surface area contributed by atoms with Gasteiger partial charge in [-0.15, -0.1) is 0 Å². The monoisotopic (exact) mass is 430 g/mol. The van der Waals surface area contributed by atoms with E-state index >= 15 is 0 Å². The largest absolute Gasteiger partial charge is 0.384 e. The minimum Gasteiger partial charge on any atom is -0.384 e. The summed E-state index contributed by atoms with van der Waals surface area (Å²) in [6.45, 7) is 2.70. The molecule has 1 unspecified atom stereocenters. The lowest BCUT2D eigenvalue weighted by Crippen LogP contribution is -2.35. The first-order valence-corrected chi connectivity index (χ1v) is 11.7. The number of nitrogens with zero attached hydrogens (tertiary/aromatic N) is 1. The lowest BCUT2D eigenvalue weighted by Gasteiger charge is -2.26. The minimum atomic E-state index is -3.56. The Morgan fingerprint density at radius 2 is 1.87 bits per heavy atom. The second kappa shape index (κ2) is 9.49. The summed E-state index contributed by atoms with van der Waals surface area (Å²) in [4.78, 5) is 12.8. The molecule has 0 saturated carbocycles. The first-order chi connectivity index (χ1) is 14.3. The van der Waals surface area contributed by atoms with Gasteiger partial charge < -0.3 is 16.0 Å². The lowest BCUT2D eigenvalue weighted by atomic mass is 9.88. The SMILES string of the molecule is CCNc1ccc(S(=O)(=O)N(C)C)cc1NCC(=O)NC1CCCc2ccccc21. The summed E-state index contributed by atoms with van der Waals surface area (Å²) in [5.74, 6) is -0.125. The molecule has 1 aliphatic carbocycles. The minimum absolute atomic E-state index is 0.0120. The summed E-state index contributed by atoms with van der Waals surface area (Å²) in [7, 11) is -0.569. The van der Waals surface area contributed by atoms with E-state index < -0.39 is 10.0 Å². The van der Waals surface area contributed by atoms with Gasteiger partial charge in [-0.1, -0.05) is 24.3 Å². The summed E-state index contributed by atoms with van der Waals surface area (Å²) in [5, 5.41) is 9.42. The van der Waals surface area contributed by atoms with Gasteiger partial charge in [-0.05, 0) is 55.5 Å². The number of carbonyl (C=O) groups excluding carboxylic acids is 1. The number of fused-ring (bicyclic) bond motifs is 1. The predicted octanol–water partition coefficient (Wildman–Crippen LogP) is 2.97. The zero-order valence-electron chi connectivity index (χ0n) is 17.7. The van der Waals surface area contributed by atoms with Crippen LogP contribution >= 0.6 is 0 Å². The van der Waals surface area contributed by atoms with E-state index in [1.54, 1.807) is 18.2 Å². The molecular formula is C22H30N4O3S. The molecule has 0 spiro atoms. The van der Waals surface area contributed by atoms with Crippen LogP contribution in [-0.4, -0.2) is 45.8 Å². The average Bonchev–Trinajstić information content (AvgIpc) is 2.73. The molecule has 0 fully saturated rings. The van der Waals surface area contributed by atoms with Crippen LogP contribution in [0.15, 0.2) is 47.4 Å². The van der Waals surface area contributed by atoms with Crippen LogP contribution in [0.25, 0.3) is 0 Å². The standard InChI is InChI=1S/C22H30N4O3S/c1-4-23-20-13-12-17(30(28,29)26(2)3)14-21(20)24-15-22(27)25-19-11-7-9-16-8-5-6-10-18(16)19/h5-6,8,10,12-14,19,23-24H,4,7,9,11,15H2,1-3H3,(H,25,27). The molecular weight excluding hydrogens is 400 g/mol. The van der Waals surface area contributed by atoms with Crippen LogP contribution in [0.5, 0.6) is 0 Å². The van der Waals surface area contributed by atoms with Crippen molar-refractivity contribution in [2.75, 3.05) is 37.8 Å². The molecule has 1 amide bonds. The number of benzene rings is 2. The van der Waals surface area contributed by atoms with Crippen molar-refractivity contribution < 1.29 is 13.2 Å². The summed E-state index contributed by atoms with van der Waals surface area (Å²) in [5.41, 5.74) is 3.81. The van der Waals surface area contributed by atoms with E-state index in [9.17, 15) is 13.2 Å². The maximum absolute atomic E-state index is 12.6. The van der Waals surface area contributed by atoms with Crippen molar-refractivity contribution in [3.8, 4) is 0 Å². The number of hydrogen-bond acceptors (Lipinski definition) is 5. The fourth-order valence-electron chi connectivity index (χ4n) is 3.71. The molecule has 2 aromatic carbocycles. The third kappa shape index (κ3) is 4.94. The van der Waals surface area contributed by atoms with Crippen LogP contribution < -0.4 is 16.0 Å². The van der Waals surface area contributed by atoms with Crippen molar-refractivity contribution in [2.45, 2.75) is 37.1 Å². The van der Waals surface area contributed by atoms with Crippen molar-refractivity contribution in [3.05, 3.63) is 53.6 Å². The lowest BCUT2D eigenvalue weighted by molar-refractivity contribution is -0.120. The summed E-state index contributed by atoms with van der Waals surface area (Å²) in [6.07, 6.45) is 3.01. The van der Waals surface area contributed by atoms with Crippen LogP contribution in [0.3, 0.4) is 0 Å². The summed E-state index contributed by atoms with van der Waals surface area (Å²) >= 11 is 0. The van der Waals surface area contributed by atoms with E-state index in [0.29, 0.717) is 12.2 Å². The van der Waals surface area contributed by atoms with E-state index in [1.165, 1.54) is 29.5 Å². The molecule has 0 aliphatic heterocycles. The summed E-state index contributed by atoms with van der Waals surface area (Å²) in [6, 6.07) is 13.1. The number of amides is 1. The third-order valence-electron chi connectivity index (χ3n) is 5.28. The number of rotatable bonds is 8. The molecule has 3 rings (SSSR count). The van der Waals surface area contributed by atoms with Crippen LogP contribution in [-0.2, 0) is 21.2 Å². The van der Waals surface area contributed by atoms with Gasteiger partial charge in [0, 0.05) is 20.6 Å². The number of nitrogens with one attached hydrogen (secondary N) is 3. The van der Waals surface area contributed by atoms with E-state index in [-0.39, 0.29) is 23.4 Å². The molecule has 30 heavy (non-hydrogen) atoms. The van der Waals surface area contributed by atoms with Gasteiger partial charge in [-0.3, -0.25) is 4.79 Å². The van der Waals surface area contributed by atoms with Crippen LogP contribution in [0, 0.1) is 0 Å².